The van der Waals surface area contributed by atoms with Crippen LogP contribution in [0, 0.1) is 19.8 Å². The van der Waals surface area contributed by atoms with E-state index in [2.05, 4.69) is 13.0 Å². The molecule has 0 saturated carbocycles. The van der Waals surface area contributed by atoms with E-state index < -0.39 is 0 Å². The molecule has 2 unspecified atom stereocenters. The molecule has 0 bridgehead atoms. The van der Waals surface area contributed by atoms with Crippen molar-refractivity contribution >= 4 is 18.3 Å². The number of nitrogens with two attached hydrogens (primary N) is 1. The van der Waals surface area contributed by atoms with Gasteiger partial charge in [-0.15, -0.1) is 12.4 Å². The molecule has 1 saturated heterocycles. The number of carbonyl (C=O) groups is 1. The van der Waals surface area contributed by atoms with Crippen molar-refractivity contribution in [3.05, 3.63) is 34.9 Å². The van der Waals surface area contributed by atoms with E-state index in [0.29, 0.717) is 12.5 Å². The van der Waals surface area contributed by atoms with E-state index in [1.54, 1.807) is 0 Å². The lowest BCUT2D eigenvalue weighted by molar-refractivity contribution is 0.0573. The molecule has 0 aliphatic carbocycles. The van der Waals surface area contributed by atoms with Crippen molar-refractivity contribution in [1.29, 1.82) is 0 Å². The molecule has 112 valence electrons. The molecule has 1 aliphatic rings. The maximum Gasteiger partial charge on any atom is 0.254 e. The van der Waals surface area contributed by atoms with Gasteiger partial charge in [0.25, 0.3) is 5.91 Å². The third-order valence-electron chi connectivity index (χ3n) is 3.98. The lowest BCUT2D eigenvalue weighted by Crippen LogP contribution is -2.49. The lowest BCUT2D eigenvalue weighted by Gasteiger charge is -2.38. The van der Waals surface area contributed by atoms with Crippen molar-refractivity contribution in [2.75, 3.05) is 13.1 Å². The van der Waals surface area contributed by atoms with Crippen LogP contribution >= 0.6 is 12.4 Å². The first-order chi connectivity index (χ1) is 9.01. The molecule has 3 nitrogen and oxygen atoms in total. The summed E-state index contributed by atoms with van der Waals surface area (Å²) >= 11 is 0. The Morgan fingerprint density at radius 2 is 1.90 bits per heavy atom. The average Bonchev–Trinajstić information content (AvgIpc) is 2.36. The summed E-state index contributed by atoms with van der Waals surface area (Å²) in [6.07, 6.45) is 2.10. The van der Waals surface area contributed by atoms with E-state index in [1.165, 1.54) is 0 Å². The van der Waals surface area contributed by atoms with Crippen LogP contribution in [-0.4, -0.2) is 29.9 Å². The van der Waals surface area contributed by atoms with Gasteiger partial charge in [-0.1, -0.05) is 24.1 Å². The highest BCUT2D eigenvalue weighted by Crippen LogP contribution is 2.24. The summed E-state index contributed by atoms with van der Waals surface area (Å²) in [7, 11) is 0. The number of halogens is 1. The van der Waals surface area contributed by atoms with Gasteiger partial charge in [0.1, 0.15) is 0 Å². The fourth-order valence-electron chi connectivity index (χ4n) is 3.01. The fourth-order valence-corrected chi connectivity index (χ4v) is 3.01. The molecule has 4 heteroatoms. The quantitative estimate of drug-likeness (QED) is 0.912. The van der Waals surface area contributed by atoms with Crippen molar-refractivity contribution in [2.24, 2.45) is 11.7 Å². The highest BCUT2D eigenvalue weighted by molar-refractivity contribution is 5.95. The Bertz CT molecular complexity index is 455. The average molecular weight is 297 g/mol. The number of hydrogen-bond acceptors (Lipinski definition) is 2. The van der Waals surface area contributed by atoms with E-state index in [0.717, 1.165) is 36.1 Å². The van der Waals surface area contributed by atoms with Crippen LogP contribution in [-0.2, 0) is 0 Å². The molecule has 0 radical (unpaired) electrons. The Balaban J connectivity index is 0.00000200. The van der Waals surface area contributed by atoms with E-state index in [1.807, 2.05) is 30.9 Å². The smallest absolute Gasteiger partial charge is 0.254 e. The van der Waals surface area contributed by atoms with Crippen molar-refractivity contribution in [3.63, 3.8) is 0 Å². The van der Waals surface area contributed by atoms with Crippen LogP contribution in [0.25, 0.3) is 0 Å². The second-order valence-corrected chi connectivity index (χ2v) is 5.89. The van der Waals surface area contributed by atoms with Crippen LogP contribution in [0.15, 0.2) is 18.2 Å². The molecule has 1 aliphatic heterocycles. The minimum atomic E-state index is 0. The summed E-state index contributed by atoms with van der Waals surface area (Å²) in [6.45, 7) is 7.68. The third kappa shape index (κ3) is 3.74. The van der Waals surface area contributed by atoms with Crippen molar-refractivity contribution < 1.29 is 4.79 Å². The topological polar surface area (TPSA) is 46.3 Å². The standard InChI is InChI=1S/C16H24N2O.ClH/c1-11-4-5-18(15(9-11)10-17)16(19)14-7-12(2)6-13(3)8-14;/h6-8,11,15H,4-5,9-10,17H2,1-3H3;1H. The second-order valence-electron chi connectivity index (χ2n) is 5.89. The molecule has 2 N–H and O–H groups in total. The van der Waals surface area contributed by atoms with Gasteiger partial charge in [-0.05, 0) is 44.7 Å². The minimum Gasteiger partial charge on any atom is -0.334 e. The largest absolute Gasteiger partial charge is 0.334 e. The lowest BCUT2D eigenvalue weighted by atomic mass is 9.91. The first-order valence-electron chi connectivity index (χ1n) is 7.10. The highest BCUT2D eigenvalue weighted by Gasteiger charge is 2.29. The number of hydrogen-bond donors (Lipinski definition) is 1. The Morgan fingerprint density at radius 1 is 1.30 bits per heavy atom. The van der Waals surface area contributed by atoms with Crippen LogP contribution in [0.1, 0.15) is 41.3 Å². The Hall–Kier alpha value is -1.06. The highest BCUT2D eigenvalue weighted by atomic mass is 35.5. The Morgan fingerprint density at radius 3 is 2.45 bits per heavy atom. The molecule has 1 aromatic rings. The molecule has 1 aromatic carbocycles. The van der Waals surface area contributed by atoms with E-state index in [9.17, 15) is 4.79 Å². The zero-order chi connectivity index (χ0) is 14.0. The predicted octanol–water partition coefficient (Wildman–Crippen LogP) is 2.92. The predicted molar refractivity (Wildman–Crippen MR) is 85.4 cm³/mol. The van der Waals surface area contributed by atoms with Gasteiger partial charge in [0, 0.05) is 24.7 Å². The SMILES string of the molecule is Cc1cc(C)cc(C(=O)N2CCC(C)CC2CN)c1.Cl. The van der Waals surface area contributed by atoms with E-state index >= 15 is 0 Å². The number of nitrogens with zero attached hydrogens (tertiary/aromatic N) is 1. The summed E-state index contributed by atoms with van der Waals surface area (Å²) in [5.74, 6) is 0.797. The number of carbonyl (C=O) groups excluding carboxylic acids is 1. The first-order valence-corrected chi connectivity index (χ1v) is 7.10. The molecule has 2 rings (SSSR count). The normalized spacial score (nSPS) is 22.3. The summed E-state index contributed by atoms with van der Waals surface area (Å²) in [4.78, 5) is 14.6. The van der Waals surface area contributed by atoms with Crippen molar-refractivity contribution in [2.45, 2.75) is 39.7 Å². The molecule has 1 amide bonds. The van der Waals surface area contributed by atoms with Gasteiger partial charge in [0.15, 0.2) is 0 Å². The van der Waals surface area contributed by atoms with E-state index in [-0.39, 0.29) is 24.4 Å². The maximum atomic E-state index is 12.7. The number of amides is 1. The Kier molecular flexibility index (Phi) is 6.03. The molecular formula is C16H25ClN2O. The molecule has 0 aromatic heterocycles. The summed E-state index contributed by atoms with van der Waals surface area (Å²) in [5.41, 5.74) is 8.91. The van der Waals surface area contributed by atoms with Crippen LogP contribution in [0.3, 0.4) is 0 Å². The number of likely N-dealkylation sites (tertiary alicyclic amines) is 1. The molecule has 1 heterocycles. The second kappa shape index (κ2) is 7.09. The third-order valence-corrected chi connectivity index (χ3v) is 3.98. The zero-order valence-corrected chi connectivity index (χ0v) is 13.4. The van der Waals surface area contributed by atoms with Crippen molar-refractivity contribution in [3.8, 4) is 0 Å². The summed E-state index contributed by atoms with van der Waals surface area (Å²) in [6, 6.07) is 6.23. The summed E-state index contributed by atoms with van der Waals surface area (Å²) in [5, 5.41) is 0. The fraction of sp³-hybridized carbons (Fsp3) is 0.562. The van der Waals surface area contributed by atoms with Crippen LogP contribution < -0.4 is 5.73 Å². The number of piperidine rings is 1. The van der Waals surface area contributed by atoms with Crippen LogP contribution in [0.4, 0.5) is 0 Å². The molecule has 0 spiro atoms. The van der Waals surface area contributed by atoms with Gasteiger partial charge >= 0.3 is 0 Å². The Labute approximate surface area is 127 Å². The van der Waals surface area contributed by atoms with Gasteiger partial charge in [0.05, 0.1) is 0 Å². The monoisotopic (exact) mass is 296 g/mol. The van der Waals surface area contributed by atoms with Crippen molar-refractivity contribution in [1.82, 2.24) is 4.90 Å². The molecule has 2 atom stereocenters. The first kappa shape index (κ1) is 17.0. The van der Waals surface area contributed by atoms with Gasteiger partial charge < -0.3 is 10.6 Å². The van der Waals surface area contributed by atoms with Gasteiger partial charge in [0.2, 0.25) is 0 Å². The van der Waals surface area contributed by atoms with Gasteiger partial charge in [-0.2, -0.15) is 0 Å². The van der Waals surface area contributed by atoms with Gasteiger partial charge in [-0.3, -0.25) is 4.79 Å². The maximum absolute atomic E-state index is 12.7. The number of aryl methyl sites for hydroxylation is 2. The molecule has 20 heavy (non-hydrogen) atoms. The summed E-state index contributed by atoms with van der Waals surface area (Å²) < 4.78 is 0. The minimum absolute atomic E-state index is 0. The zero-order valence-electron chi connectivity index (χ0n) is 12.6. The van der Waals surface area contributed by atoms with E-state index in [4.69, 9.17) is 5.73 Å². The van der Waals surface area contributed by atoms with Crippen LogP contribution in [0.2, 0.25) is 0 Å². The molecule has 1 fully saturated rings. The number of benzene rings is 1. The molecular weight excluding hydrogens is 272 g/mol. The number of rotatable bonds is 2. The van der Waals surface area contributed by atoms with Gasteiger partial charge in [-0.25, -0.2) is 0 Å². The van der Waals surface area contributed by atoms with Crippen LogP contribution in [0.5, 0.6) is 0 Å².